The van der Waals surface area contributed by atoms with Crippen LogP contribution in [0.1, 0.15) is 18.4 Å². The van der Waals surface area contributed by atoms with Crippen molar-refractivity contribution in [2.45, 2.75) is 12.8 Å². The van der Waals surface area contributed by atoms with Crippen LogP contribution in [0.4, 0.5) is 5.69 Å². The molecule has 0 saturated carbocycles. The maximum absolute atomic E-state index is 11.6. The van der Waals surface area contributed by atoms with Crippen LogP contribution in [-0.4, -0.2) is 24.6 Å². The fourth-order valence-corrected chi connectivity index (χ4v) is 1.61. The van der Waals surface area contributed by atoms with Crippen molar-refractivity contribution in [3.8, 4) is 11.8 Å². The minimum Gasteiger partial charge on any atom is -0.490 e. The van der Waals surface area contributed by atoms with Gasteiger partial charge in [-0.25, -0.2) is 0 Å². The summed E-state index contributed by atoms with van der Waals surface area (Å²) in [4.78, 5) is 22.0. The van der Waals surface area contributed by atoms with Crippen LogP contribution in [0.3, 0.4) is 0 Å². The van der Waals surface area contributed by atoms with E-state index in [0.717, 1.165) is 0 Å². The standard InChI is InChI=1S/C12H12N2O5/c1-3-19-12(15)9(7-13)8-5-4-6-10(18-2)11(8)14(16)17/h4-6,9H,3H2,1-2H3. The molecule has 1 rings (SSSR count). The van der Waals surface area contributed by atoms with Gasteiger partial charge in [0, 0.05) is 0 Å². The van der Waals surface area contributed by atoms with E-state index in [1.54, 1.807) is 13.0 Å². The molecular formula is C12H12N2O5. The fraction of sp³-hybridized carbons (Fsp3) is 0.333. The number of nitrogens with zero attached hydrogens (tertiary/aromatic N) is 2. The predicted octanol–water partition coefficient (Wildman–Crippen LogP) is 1.77. The summed E-state index contributed by atoms with van der Waals surface area (Å²) in [6, 6.07) is 5.92. The summed E-state index contributed by atoms with van der Waals surface area (Å²) in [5.74, 6) is -2.18. The molecule has 0 aliphatic carbocycles. The highest BCUT2D eigenvalue weighted by atomic mass is 16.6. The Balaban J connectivity index is 3.36. The Morgan fingerprint density at radius 1 is 1.58 bits per heavy atom. The molecule has 0 spiro atoms. The summed E-state index contributed by atoms with van der Waals surface area (Å²) in [5.41, 5.74) is -0.435. The van der Waals surface area contributed by atoms with E-state index >= 15 is 0 Å². The average Bonchev–Trinajstić information content (AvgIpc) is 2.39. The van der Waals surface area contributed by atoms with Gasteiger partial charge < -0.3 is 9.47 Å². The number of hydrogen-bond donors (Lipinski definition) is 0. The van der Waals surface area contributed by atoms with Gasteiger partial charge in [-0.3, -0.25) is 14.9 Å². The number of hydrogen-bond acceptors (Lipinski definition) is 6. The molecule has 1 aromatic carbocycles. The minimum absolute atomic E-state index is 0.00736. The van der Waals surface area contributed by atoms with Crippen molar-refractivity contribution in [3.63, 3.8) is 0 Å². The lowest BCUT2D eigenvalue weighted by atomic mass is 9.98. The summed E-state index contributed by atoms with van der Waals surface area (Å²) in [6.45, 7) is 1.68. The molecule has 0 bridgehead atoms. The molecule has 0 aliphatic rings. The average molecular weight is 264 g/mol. The molecule has 0 heterocycles. The fourth-order valence-electron chi connectivity index (χ4n) is 1.61. The van der Waals surface area contributed by atoms with Gasteiger partial charge in [0.25, 0.3) is 0 Å². The second-order valence-electron chi connectivity index (χ2n) is 3.47. The zero-order valence-electron chi connectivity index (χ0n) is 10.5. The molecule has 1 atom stereocenters. The molecule has 0 amide bonds. The monoisotopic (exact) mass is 264 g/mol. The number of nitro groups is 1. The number of carbonyl (C=O) groups is 1. The van der Waals surface area contributed by atoms with Gasteiger partial charge in [-0.05, 0) is 19.1 Å². The van der Waals surface area contributed by atoms with Crippen LogP contribution in [0.2, 0.25) is 0 Å². The Kier molecular flexibility index (Phi) is 4.83. The molecule has 0 fully saturated rings. The van der Waals surface area contributed by atoms with Crippen LogP contribution in [0.25, 0.3) is 0 Å². The third kappa shape index (κ3) is 2.98. The molecule has 1 aromatic rings. The van der Waals surface area contributed by atoms with Crippen molar-refractivity contribution in [2.75, 3.05) is 13.7 Å². The van der Waals surface area contributed by atoms with E-state index in [1.165, 1.54) is 25.3 Å². The summed E-state index contributed by atoms with van der Waals surface area (Å²) in [7, 11) is 1.28. The normalized spacial score (nSPS) is 11.2. The number of carbonyl (C=O) groups excluding carboxylic acids is 1. The molecule has 7 nitrogen and oxygen atoms in total. The Bertz CT molecular complexity index is 535. The minimum atomic E-state index is -1.35. The number of ether oxygens (including phenoxy) is 2. The van der Waals surface area contributed by atoms with E-state index < -0.39 is 22.5 Å². The van der Waals surface area contributed by atoms with Crippen molar-refractivity contribution in [3.05, 3.63) is 33.9 Å². The molecule has 0 aromatic heterocycles. The highest BCUT2D eigenvalue weighted by molar-refractivity contribution is 5.83. The zero-order chi connectivity index (χ0) is 14.4. The Hall–Kier alpha value is -2.62. The van der Waals surface area contributed by atoms with Gasteiger partial charge in [-0.1, -0.05) is 6.07 Å². The van der Waals surface area contributed by atoms with Crippen molar-refractivity contribution < 1.29 is 19.2 Å². The predicted molar refractivity (Wildman–Crippen MR) is 64.6 cm³/mol. The number of methoxy groups -OCH3 is 1. The maximum atomic E-state index is 11.6. The smallest absolute Gasteiger partial charge is 0.328 e. The van der Waals surface area contributed by atoms with Crippen molar-refractivity contribution in [1.82, 2.24) is 0 Å². The first kappa shape index (κ1) is 14.4. The highest BCUT2D eigenvalue weighted by Gasteiger charge is 2.31. The van der Waals surface area contributed by atoms with Crippen LogP contribution in [0, 0.1) is 21.4 Å². The second-order valence-corrected chi connectivity index (χ2v) is 3.47. The van der Waals surface area contributed by atoms with Crippen LogP contribution < -0.4 is 4.74 Å². The Labute approximate surface area is 109 Å². The second kappa shape index (κ2) is 6.35. The zero-order valence-corrected chi connectivity index (χ0v) is 10.5. The van der Waals surface area contributed by atoms with Gasteiger partial charge in [0.15, 0.2) is 11.7 Å². The van der Waals surface area contributed by atoms with Gasteiger partial charge in [0.1, 0.15) is 0 Å². The van der Waals surface area contributed by atoms with Crippen LogP contribution >= 0.6 is 0 Å². The lowest BCUT2D eigenvalue weighted by molar-refractivity contribution is -0.386. The van der Waals surface area contributed by atoms with Crippen LogP contribution in [0.5, 0.6) is 5.75 Å². The molecule has 0 saturated heterocycles. The van der Waals surface area contributed by atoms with Crippen molar-refractivity contribution in [1.29, 1.82) is 5.26 Å². The number of nitro benzene ring substituents is 1. The Morgan fingerprint density at radius 2 is 2.26 bits per heavy atom. The van der Waals surface area contributed by atoms with E-state index in [9.17, 15) is 14.9 Å². The van der Waals surface area contributed by atoms with E-state index in [1.807, 2.05) is 0 Å². The summed E-state index contributed by atoms with van der Waals surface area (Å²) in [6.07, 6.45) is 0. The molecule has 100 valence electrons. The molecule has 1 unspecified atom stereocenters. The quantitative estimate of drug-likeness (QED) is 0.456. The lowest BCUT2D eigenvalue weighted by Gasteiger charge is -2.10. The van der Waals surface area contributed by atoms with E-state index in [4.69, 9.17) is 14.7 Å². The number of benzene rings is 1. The summed E-state index contributed by atoms with van der Waals surface area (Å²) in [5, 5.41) is 20.1. The van der Waals surface area contributed by atoms with Crippen molar-refractivity contribution in [2.24, 2.45) is 0 Å². The van der Waals surface area contributed by atoms with E-state index in [0.29, 0.717) is 0 Å². The first-order valence-corrected chi connectivity index (χ1v) is 5.44. The highest BCUT2D eigenvalue weighted by Crippen LogP contribution is 2.35. The molecular weight excluding hydrogens is 252 g/mol. The third-order valence-electron chi connectivity index (χ3n) is 2.40. The first-order valence-electron chi connectivity index (χ1n) is 5.44. The number of nitriles is 1. The molecule has 0 aliphatic heterocycles. The molecule has 0 N–H and O–H groups in total. The third-order valence-corrected chi connectivity index (χ3v) is 2.40. The Morgan fingerprint density at radius 3 is 2.74 bits per heavy atom. The topological polar surface area (TPSA) is 102 Å². The van der Waals surface area contributed by atoms with Gasteiger partial charge in [0.05, 0.1) is 30.3 Å². The summed E-state index contributed by atoms with van der Waals surface area (Å²) >= 11 is 0. The largest absolute Gasteiger partial charge is 0.490 e. The van der Waals surface area contributed by atoms with Gasteiger partial charge in [0.2, 0.25) is 0 Å². The summed E-state index contributed by atoms with van der Waals surface area (Å²) < 4.78 is 9.61. The maximum Gasteiger partial charge on any atom is 0.328 e. The van der Waals surface area contributed by atoms with E-state index in [-0.39, 0.29) is 17.9 Å². The van der Waals surface area contributed by atoms with Crippen LogP contribution in [-0.2, 0) is 9.53 Å². The van der Waals surface area contributed by atoms with Gasteiger partial charge in [-0.2, -0.15) is 5.26 Å². The lowest BCUT2D eigenvalue weighted by Crippen LogP contribution is -2.16. The number of rotatable bonds is 5. The number of esters is 1. The molecule has 19 heavy (non-hydrogen) atoms. The molecule has 0 radical (unpaired) electrons. The molecule has 7 heteroatoms. The first-order chi connectivity index (χ1) is 9.06. The SMILES string of the molecule is CCOC(=O)C(C#N)c1cccc(OC)c1[N+](=O)[O-]. The number of para-hydroxylation sites is 1. The van der Waals surface area contributed by atoms with Crippen molar-refractivity contribution >= 4 is 11.7 Å². The van der Waals surface area contributed by atoms with E-state index in [2.05, 4.69) is 0 Å². The van der Waals surface area contributed by atoms with Crippen LogP contribution in [0.15, 0.2) is 18.2 Å². The van der Waals surface area contributed by atoms with Gasteiger partial charge >= 0.3 is 11.7 Å². The van der Waals surface area contributed by atoms with Gasteiger partial charge in [-0.15, -0.1) is 0 Å².